The van der Waals surface area contributed by atoms with Crippen LogP contribution in [0.4, 0.5) is 0 Å². The number of morpholine rings is 1. The molecule has 1 aliphatic heterocycles. The highest BCUT2D eigenvalue weighted by Gasteiger charge is 2.09. The van der Waals surface area contributed by atoms with E-state index >= 15 is 0 Å². The van der Waals surface area contributed by atoms with Crippen LogP contribution in [0.25, 0.3) is 0 Å². The Morgan fingerprint density at radius 3 is 3.04 bits per heavy atom. The van der Waals surface area contributed by atoms with Crippen LogP contribution in [0.3, 0.4) is 0 Å². The summed E-state index contributed by atoms with van der Waals surface area (Å²) >= 11 is 0. The number of nitrogens with two attached hydrogens (primary N) is 1. The summed E-state index contributed by atoms with van der Waals surface area (Å²) in [5, 5.41) is 3.17. The molecule has 0 bridgehead atoms. The number of nitrogens with one attached hydrogen (secondary N) is 1. The fourth-order valence-corrected chi connectivity index (χ4v) is 2.56. The molecule has 0 amide bonds. The maximum atomic E-state index is 5.96. The molecule has 2 rings (SSSR count). The van der Waals surface area contributed by atoms with Gasteiger partial charge in [0.25, 0.3) is 0 Å². The van der Waals surface area contributed by atoms with Crippen LogP contribution in [0, 0.1) is 0 Å². The lowest BCUT2D eigenvalue weighted by Gasteiger charge is -2.26. The third kappa shape index (κ3) is 7.70. The van der Waals surface area contributed by atoms with Crippen molar-refractivity contribution < 1.29 is 9.47 Å². The summed E-state index contributed by atoms with van der Waals surface area (Å²) in [6, 6.07) is 3.87. The highest BCUT2D eigenvalue weighted by molar-refractivity contribution is 5.77. The van der Waals surface area contributed by atoms with Crippen molar-refractivity contribution in [1.82, 2.24) is 15.2 Å². The van der Waals surface area contributed by atoms with Crippen LogP contribution in [0.2, 0.25) is 0 Å². The van der Waals surface area contributed by atoms with E-state index in [-0.39, 0.29) is 0 Å². The number of unbranched alkanes of at least 4 members (excludes halogenated alkanes) is 1. The lowest BCUT2D eigenvalue weighted by atomic mass is 10.3. The van der Waals surface area contributed by atoms with Gasteiger partial charge in [0.15, 0.2) is 5.96 Å². The number of rotatable bonds is 10. The molecule has 0 unspecified atom stereocenters. The van der Waals surface area contributed by atoms with Gasteiger partial charge >= 0.3 is 0 Å². The summed E-state index contributed by atoms with van der Waals surface area (Å²) in [5.74, 6) is 1.12. The molecular weight excluding hydrogens is 318 g/mol. The molecule has 1 aromatic rings. The highest BCUT2D eigenvalue weighted by Crippen LogP contribution is 2.15. The number of guanidine groups is 1. The van der Waals surface area contributed by atoms with E-state index in [0.29, 0.717) is 25.0 Å². The van der Waals surface area contributed by atoms with E-state index in [9.17, 15) is 0 Å². The fourth-order valence-electron chi connectivity index (χ4n) is 2.56. The maximum absolute atomic E-state index is 5.96. The number of aliphatic imine (C=N–C) groups is 1. The van der Waals surface area contributed by atoms with Crippen molar-refractivity contribution in [3.63, 3.8) is 0 Å². The molecule has 0 spiro atoms. The average molecular weight is 349 g/mol. The molecule has 0 radical (unpaired) electrons. The number of hydrogen-bond acceptors (Lipinski definition) is 5. The Bertz CT molecular complexity index is 518. The van der Waals surface area contributed by atoms with Crippen LogP contribution in [-0.2, 0) is 11.3 Å². The van der Waals surface area contributed by atoms with Gasteiger partial charge in [0, 0.05) is 31.4 Å². The minimum Gasteiger partial charge on any atom is -0.477 e. The van der Waals surface area contributed by atoms with Gasteiger partial charge < -0.3 is 20.5 Å². The van der Waals surface area contributed by atoms with Crippen LogP contribution >= 0.6 is 0 Å². The first kappa shape index (κ1) is 19.5. The van der Waals surface area contributed by atoms with E-state index in [2.05, 4.69) is 27.1 Å². The molecule has 7 nitrogen and oxygen atoms in total. The summed E-state index contributed by atoms with van der Waals surface area (Å²) in [6.45, 7) is 8.88. The van der Waals surface area contributed by atoms with Crippen molar-refractivity contribution in [1.29, 1.82) is 0 Å². The van der Waals surface area contributed by atoms with Gasteiger partial charge in [-0.05, 0) is 25.5 Å². The Hall–Kier alpha value is -1.86. The standard InChI is InChI=1S/C18H31N5O2/c1-2-3-12-25-17-16(6-4-7-20-17)15-22-18(19)21-8-5-9-23-10-13-24-14-11-23/h4,6-7H,2-3,5,8-15H2,1H3,(H3,19,21,22). The van der Waals surface area contributed by atoms with E-state index in [1.807, 2.05) is 12.1 Å². The first-order valence-electron chi connectivity index (χ1n) is 9.20. The minimum absolute atomic E-state index is 0.463. The van der Waals surface area contributed by atoms with Gasteiger partial charge in [0.1, 0.15) is 0 Å². The second kappa shape index (κ2) is 11.7. The second-order valence-corrected chi connectivity index (χ2v) is 6.11. The first-order valence-corrected chi connectivity index (χ1v) is 9.20. The molecule has 1 aliphatic rings. The van der Waals surface area contributed by atoms with E-state index in [1.165, 1.54) is 0 Å². The largest absolute Gasteiger partial charge is 0.477 e. The molecule has 0 saturated carbocycles. The normalized spacial score (nSPS) is 16.0. The number of pyridine rings is 1. The molecule has 1 saturated heterocycles. The number of aromatic nitrogens is 1. The lowest BCUT2D eigenvalue weighted by Crippen LogP contribution is -2.39. The molecule has 0 aliphatic carbocycles. The number of hydrogen-bond donors (Lipinski definition) is 2. The second-order valence-electron chi connectivity index (χ2n) is 6.11. The molecule has 1 aromatic heterocycles. The SMILES string of the molecule is CCCCOc1ncccc1CN=C(N)NCCCN1CCOCC1. The molecule has 7 heteroatoms. The Morgan fingerprint density at radius 1 is 1.40 bits per heavy atom. The smallest absolute Gasteiger partial charge is 0.218 e. The van der Waals surface area contributed by atoms with E-state index < -0.39 is 0 Å². The van der Waals surface area contributed by atoms with Crippen molar-refractivity contribution in [2.45, 2.75) is 32.7 Å². The molecule has 3 N–H and O–H groups in total. The number of ether oxygens (including phenoxy) is 2. The Kier molecular flexibility index (Phi) is 9.07. The molecular formula is C18H31N5O2. The van der Waals surface area contributed by atoms with Crippen molar-refractivity contribution in [2.24, 2.45) is 10.7 Å². The first-order chi connectivity index (χ1) is 12.3. The molecule has 2 heterocycles. The molecule has 25 heavy (non-hydrogen) atoms. The van der Waals surface area contributed by atoms with Crippen LogP contribution in [0.1, 0.15) is 31.7 Å². The molecule has 140 valence electrons. The minimum atomic E-state index is 0.463. The summed E-state index contributed by atoms with van der Waals surface area (Å²) in [7, 11) is 0. The summed E-state index contributed by atoms with van der Waals surface area (Å²) in [6.07, 6.45) is 4.89. The van der Waals surface area contributed by atoms with Crippen molar-refractivity contribution in [3.8, 4) is 5.88 Å². The summed E-state index contributed by atoms with van der Waals surface area (Å²) in [4.78, 5) is 11.1. The lowest BCUT2D eigenvalue weighted by molar-refractivity contribution is 0.0376. The van der Waals surface area contributed by atoms with E-state index in [4.69, 9.17) is 15.2 Å². The van der Waals surface area contributed by atoms with Gasteiger partial charge in [0.05, 0.1) is 26.4 Å². The zero-order valence-electron chi connectivity index (χ0n) is 15.2. The summed E-state index contributed by atoms with van der Waals surface area (Å²) < 4.78 is 11.1. The Morgan fingerprint density at radius 2 is 2.24 bits per heavy atom. The van der Waals surface area contributed by atoms with Gasteiger partial charge in [-0.1, -0.05) is 19.4 Å². The Labute approximate surface area is 150 Å². The van der Waals surface area contributed by atoms with Crippen molar-refractivity contribution >= 4 is 5.96 Å². The predicted octanol–water partition coefficient (Wildman–Crippen LogP) is 1.39. The van der Waals surface area contributed by atoms with Gasteiger partial charge in [-0.2, -0.15) is 0 Å². The third-order valence-corrected chi connectivity index (χ3v) is 4.07. The quantitative estimate of drug-likeness (QED) is 0.377. The van der Waals surface area contributed by atoms with Crippen LogP contribution in [-0.4, -0.2) is 61.8 Å². The molecule has 0 aromatic carbocycles. The zero-order valence-corrected chi connectivity index (χ0v) is 15.2. The van der Waals surface area contributed by atoms with E-state index in [0.717, 1.165) is 64.2 Å². The van der Waals surface area contributed by atoms with E-state index in [1.54, 1.807) is 6.20 Å². The predicted molar refractivity (Wildman–Crippen MR) is 99.8 cm³/mol. The van der Waals surface area contributed by atoms with Gasteiger partial charge in [-0.3, -0.25) is 4.90 Å². The topological polar surface area (TPSA) is 85.0 Å². The highest BCUT2D eigenvalue weighted by atomic mass is 16.5. The maximum Gasteiger partial charge on any atom is 0.218 e. The van der Waals surface area contributed by atoms with Crippen molar-refractivity contribution in [2.75, 3.05) is 46.0 Å². The zero-order chi connectivity index (χ0) is 17.7. The third-order valence-electron chi connectivity index (χ3n) is 4.07. The van der Waals surface area contributed by atoms with Gasteiger partial charge in [-0.25, -0.2) is 9.98 Å². The Balaban J connectivity index is 1.69. The van der Waals surface area contributed by atoms with Crippen LogP contribution < -0.4 is 15.8 Å². The molecule has 0 atom stereocenters. The van der Waals surface area contributed by atoms with Crippen LogP contribution in [0.15, 0.2) is 23.3 Å². The van der Waals surface area contributed by atoms with Crippen molar-refractivity contribution in [3.05, 3.63) is 23.9 Å². The number of nitrogens with zero attached hydrogens (tertiary/aromatic N) is 3. The van der Waals surface area contributed by atoms with Gasteiger partial charge in [-0.15, -0.1) is 0 Å². The molecule has 1 fully saturated rings. The van der Waals surface area contributed by atoms with Gasteiger partial charge in [0.2, 0.25) is 5.88 Å². The van der Waals surface area contributed by atoms with Crippen LogP contribution in [0.5, 0.6) is 5.88 Å². The summed E-state index contributed by atoms with van der Waals surface area (Å²) in [5.41, 5.74) is 6.91. The monoisotopic (exact) mass is 349 g/mol. The fraction of sp³-hybridized carbons (Fsp3) is 0.667. The average Bonchev–Trinajstić information content (AvgIpc) is 2.65.